The van der Waals surface area contributed by atoms with Crippen molar-refractivity contribution < 1.29 is 14.3 Å². The minimum Gasteiger partial charge on any atom is -0.497 e. The summed E-state index contributed by atoms with van der Waals surface area (Å²) < 4.78 is 5.08. The molecule has 0 unspecified atom stereocenters. The number of H-pyrrole nitrogens is 1. The molecule has 0 saturated carbocycles. The van der Waals surface area contributed by atoms with Gasteiger partial charge in [-0.15, -0.1) is 0 Å². The first-order valence-electron chi connectivity index (χ1n) is 7.83. The molecule has 0 radical (unpaired) electrons. The van der Waals surface area contributed by atoms with Crippen molar-refractivity contribution in [3.05, 3.63) is 60.4 Å². The molecule has 0 fully saturated rings. The quantitative estimate of drug-likeness (QED) is 0.628. The van der Waals surface area contributed by atoms with E-state index in [-0.39, 0.29) is 18.4 Å². The average molecular weight is 351 g/mol. The van der Waals surface area contributed by atoms with Gasteiger partial charge >= 0.3 is 0 Å². The summed E-state index contributed by atoms with van der Waals surface area (Å²) in [6.07, 6.45) is 1.41. The molecule has 0 spiro atoms. The van der Waals surface area contributed by atoms with Crippen LogP contribution in [-0.2, 0) is 4.79 Å². The van der Waals surface area contributed by atoms with Gasteiger partial charge in [0.15, 0.2) is 5.82 Å². The minimum atomic E-state index is -0.352. The van der Waals surface area contributed by atoms with E-state index in [4.69, 9.17) is 4.74 Å². The van der Waals surface area contributed by atoms with Gasteiger partial charge in [0, 0.05) is 16.8 Å². The molecule has 0 aliphatic rings. The highest BCUT2D eigenvalue weighted by atomic mass is 16.5. The highest BCUT2D eigenvalue weighted by Crippen LogP contribution is 2.18. The number of rotatable bonds is 6. The van der Waals surface area contributed by atoms with E-state index >= 15 is 0 Å². The lowest BCUT2D eigenvalue weighted by atomic mass is 10.2. The van der Waals surface area contributed by atoms with Crippen molar-refractivity contribution in [1.29, 1.82) is 0 Å². The van der Waals surface area contributed by atoms with Gasteiger partial charge in [-0.25, -0.2) is 4.98 Å². The second-order valence-electron chi connectivity index (χ2n) is 5.38. The third-order valence-electron chi connectivity index (χ3n) is 3.58. The van der Waals surface area contributed by atoms with Gasteiger partial charge in [-0.2, -0.15) is 5.10 Å². The highest BCUT2D eigenvalue weighted by Gasteiger charge is 2.10. The minimum absolute atomic E-state index is 0.150. The largest absolute Gasteiger partial charge is 0.497 e. The first-order chi connectivity index (χ1) is 12.7. The van der Waals surface area contributed by atoms with Crippen molar-refractivity contribution in [1.82, 2.24) is 20.5 Å². The lowest BCUT2D eigenvalue weighted by Crippen LogP contribution is -2.32. The molecule has 1 heterocycles. The zero-order chi connectivity index (χ0) is 18.4. The fourth-order valence-corrected chi connectivity index (χ4v) is 2.32. The fourth-order valence-electron chi connectivity index (χ4n) is 2.32. The average Bonchev–Trinajstić information content (AvgIpc) is 3.21. The molecule has 0 atom stereocenters. The number of ether oxygens (including phenoxy) is 1. The molecule has 26 heavy (non-hydrogen) atoms. The number of amides is 2. The van der Waals surface area contributed by atoms with Crippen molar-refractivity contribution in [3.63, 3.8) is 0 Å². The zero-order valence-electron chi connectivity index (χ0n) is 14.0. The summed E-state index contributed by atoms with van der Waals surface area (Å²) in [4.78, 5) is 28.3. The normalized spacial score (nSPS) is 10.2. The van der Waals surface area contributed by atoms with Gasteiger partial charge in [-0.05, 0) is 30.3 Å². The van der Waals surface area contributed by atoms with Gasteiger partial charge in [-0.3, -0.25) is 14.7 Å². The number of benzene rings is 2. The molecule has 8 nitrogen and oxygen atoms in total. The lowest BCUT2D eigenvalue weighted by Gasteiger charge is -2.08. The maximum atomic E-state index is 12.1. The van der Waals surface area contributed by atoms with E-state index in [1.807, 2.05) is 6.07 Å². The molecule has 0 saturated heterocycles. The second kappa shape index (κ2) is 7.93. The number of methoxy groups -OCH3 is 1. The van der Waals surface area contributed by atoms with Crippen LogP contribution in [-0.4, -0.2) is 40.7 Å². The van der Waals surface area contributed by atoms with Crippen molar-refractivity contribution >= 4 is 17.5 Å². The molecule has 0 aliphatic carbocycles. The molecular weight excluding hydrogens is 334 g/mol. The molecule has 132 valence electrons. The van der Waals surface area contributed by atoms with Crippen LogP contribution in [0, 0.1) is 0 Å². The van der Waals surface area contributed by atoms with E-state index in [1.165, 1.54) is 13.4 Å². The summed E-state index contributed by atoms with van der Waals surface area (Å²) in [6, 6.07) is 13.9. The van der Waals surface area contributed by atoms with E-state index < -0.39 is 0 Å². The molecular formula is C18H17N5O3. The van der Waals surface area contributed by atoms with Gasteiger partial charge < -0.3 is 15.4 Å². The Morgan fingerprint density at radius 1 is 1.15 bits per heavy atom. The number of aromatic nitrogens is 3. The zero-order valence-corrected chi connectivity index (χ0v) is 14.0. The van der Waals surface area contributed by atoms with Crippen LogP contribution in [0.15, 0.2) is 54.9 Å². The number of carbonyl (C=O) groups excluding carboxylic acids is 2. The Morgan fingerprint density at radius 2 is 2.00 bits per heavy atom. The summed E-state index contributed by atoms with van der Waals surface area (Å²) in [6.45, 7) is -0.150. The maximum absolute atomic E-state index is 12.1. The number of hydrogen-bond acceptors (Lipinski definition) is 5. The number of aromatic amines is 1. The summed E-state index contributed by atoms with van der Waals surface area (Å²) in [5, 5.41) is 11.9. The predicted octanol–water partition coefficient (Wildman–Crippen LogP) is 1.85. The number of nitrogens with zero attached hydrogens (tertiary/aromatic N) is 2. The van der Waals surface area contributed by atoms with Crippen LogP contribution in [0.25, 0.3) is 11.4 Å². The van der Waals surface area contributed by atoms with Crippen molar-refractivity contribution in [2.45, 2.75) is 0 Å². The van der Waals surface area contributed by atoms with Gasteiger partial charge in [-0.1, -0.05) is 18.2 Å². The summed E-state index contributed by atoms with van der Waals surface area (Å²) >= 11 is 0. The van der Waals surface area contributed by atoms with Crippen molar-refractivity contribution in [2.24, 2.45) is 0 Å². The Hall–Kier alpha value is -3.68. The maximum Gasteiger partial charge on any atom is 0.251 e. The molecule has 0 aliphatic heterocycles. The van der Waals surface area contributed by atoms with Crippen LogP contribution in [0.4, 0.5) is 5.69 Å². The molecule has 1 aromatic heterocycles. The fraction of sp³-hybridized carbons (Fsp3) is 0.111. The van der Waals surface area contributed by atoms with Crippen LogP contribution < -0.4 is 15.4 Å². The second-order valence-corrected chi connectivity index (χ2v) is 5.38. The summed E-state index contributed by atoms with van der Waals surface area (Å²) in [5.74, 6) is 0.490. The third-order valence-corrected chi connectivity index (χ3v) is 3.58. The number of anilines is 1. The van der Waals surface area contributed by atoms with E-state index in [0.29, 0.717) is 22.8 Å². The van der Waals surface area contributed by atoms with E-state index in [9.17, 15) is 9.59 Å². The number of nitrogens with one attached hydrogen (secondary N) is 3. The number of hydrogen-bond donors (Lipinski definition) is 3. The van der Waals surface area contributed by atoms with Crippen LogP contribution >= 0.6 is 0 Å². The standard InChI is InChI=1S/C18H17N5O3/c1-26-15-7-3-5-13(9-15)18(25)19-10-16(24)22-14-6-2-4-12(8-14)17-20-11-21-23-17/h2-9,11H,10H2,1H3,(H,19,25)(H,22,24)(H,20,21,23). The first-order valence-corrected chi connectivity index (χ1v) is 7.83. The van der Waals surface area contributed by atoms with E-state index in [0.717, 1.165) is 5.56 Å². The van der Waals surface area contributed by atoms with Gasteiger partial charge in [0.05, 0.1) is 13.7 Å². The Bertz CT molecular complexity index is 909. The Labute approximate surface area is 149 Å². The Kier molecular flexibility index (Phi) is 5.23. The van der Waals surface area contributed by atoms with Crippen LogP contribution in [0.5, 0.6) is 5.75 Å². The topological polar surface area (TPSA) is 109 Å². The molecule has 3 aromatic rings. The highest BCUT2D eigenvalue weighted by molar-refractivity contribution is 5.99. The molecule has 8 heteroatoms. The molecule has 3 N–H and O–H groups in total. The molecule has 2 amide bonds. The first kappa shape index (κ1) is 17.2. The third kappa shape index (κ3) is 4.23. The van der Waals surface area contributed by atoms with Gasteiger partial charge in [0.25, 0.3) is 5.91 Å². The van der Waals surface area contributed by atoms with Crippen LogP contribution in [0.3, 0.4) is 0 Å². The number of carbonyl (C=O) groups is 2. The Balaban J connectivity index is 1.57. The summed E-state index contributed by atoms with van der Waals surface area (Å²) in [5.41, 5.74) is 1.81. The van der Waals surface area contributed by atoms with Crippen molar-refractivity contribution in [3.8, 4) is 17.1 Å². The monoisotopic (exact) mass is 351 g/mol. The Morgan fingerprint density at radius 3 is 2.77 bits per heavy atom. The SMILES string of the molecule is COc1cccc(C(=O)NCC(=O)Nc2cccc(-c3ncn[nH]3)c2)c1. The van der Waals surface area contributed by atoms with Crippen LogP contribution in [0.1, 0.15) is 10.4 Å². The van der Waals surface area contributed by atoms with Crippen molar-refractivity contribution in [2.75, 3.05) is 19.0 Å². The summed E-state index contributed by atoms with van der Waals surface area (Å²) in [7, 11) is 1.53. The molecule has 2 aromatic carbocycles. The van der Waals surface area contributed by atoms with Gasteiger partial charge in [0.2, 0.25) is 5.91 Å². The predicted molar refractivity (Wildman–Crippen MR) is 95.8 cm³/mol. The van der Waals surface area contributed by atoms with E-state index in [1.54, 1.807) is 42.5 Å². The van der Waals surface area contributed by atoms with Crippen LogP contribution in [0.2, 0.25) is 0 Å². The lowest BCUT2D eigenvalue weighted by molar-refractivity contribution is -0.115. The molecule has 0 bridgehead atoms. The van der Waals surface area contributed by atoms with E-state index in [2.05, 4.69) is 25.8 Å². The molecule has 3 rings (SSSR count). The smallest absolute Gasteiger partial charge is 0.251 e. The van der Waals surface area contributed by atoms with Gasteiger partial charge in [0.1, 0.15) is 12.1 Å².